The summed E-state index contributed by atoms with van der Waals surface area (Å²) in [4.78, 5) is 16.2. The lowest BCUT2D eigenvalue weighted by Crippen LogP contribution is -2.29. The van der Waals surface area contributed by atoms with E-state index >= 15 is 0 Å². The van der Waals surface area contributed by atoms with E-state index in [4.69, 9.17) is 27.7 Å². The Morgan fingerprint density at radius 1 is 1.12 bits per heavy atom. The van der Waals surface area contributed by atoms with Gasteiger partial charge in [-0.1, -0.05) is 44.3 Å². The Balaban J connectivity index is 1.68. The number of aromatic nitrogens is 2. The summed E-state index contributed by atoms with van der Waals surface area (Å²) < 4.78 is 5.76. The third-order valence-corrected chi connectivity index (χ3v) is 4.06. The van der Waals surface area contributed by atoms with Crippen molar-refractivity contribution < 1.29 is 9.32 Å². The van der Waals surface area contributed by atoms with E-state index in [-0.39, 0.29) is 6.01 Å². The van der Waals surface area contributed by atoms with Crippen LogP contribution in [0.4, 0.5) is 6.01 Å². The second-order valence-corrected chi connectivity index (χ2v) is 6.39. The van der Waals surface area contributed by atoms with E-state index in [9.17, 15) is 4.79 Å². The van der Waals surface area contributed by atoms with E-state index in [1.54, 1.807) is 42.5 Å². The predicted molar refractivity (Wildman–Crippen MR) is 95.0 cm³/mol. The predicted octanol–water partition coefficient (Wildman–Crippen LogP) is 4.56. The molecule has 9 heteroatoms. The summed E-state index contributed by atoms with van der Waals surface area (Å²) in [6.07, 6.45) is 0. The summed E-state index contributed by atoms with van der Waals surface area (Å²) in [5.41, 5.74) is 6.03. The van der Waals surface area contributed by atoms with Gasteiger partial charge in [0, 0.05) is 15.1 Å². The van der Waals surface area contributed by atoms with Crippen molar-refractivity contribution in [3.8, 4) is 11.4 Å². The summed E-state index contributed by atoms with van der Waals surface area (Å²) in [7, 11) is 0. The van der Waals surface area contributed by atoms with Crippen LogP contribution < -0.4 is 10.9 Å². The van der Waals surface area contributed by atoms with Crippen LogP contribution in [0.15, 0.2) is 51.5 Å². The van der Waals surface area contributed by atoms with Gasteiger partial charge in [-0.2, -0.15) is 4.98 Å². The van der Waals surface area contributed by atoms with Crippen LogP contribution in [0.3, 0.4) is 0 Å². The molecule has 0 bridgehead atoms. The van der Waals surface area contributed by atoms with Crippen molar-refractivity contribution in [1.29, 1.82) is 0 Å². The maximum absolute atomic E-state index is 12.1. The highest BCUT2D eigenvalue weighted by atomic mass is 79.9. The van der Waals surface area contributed by atoms with Crippen LogP contribution in [0, 0.1) is 0 Å². The molecule has 3 rings (SSSR count). The first-order valence-electron chi connectivity index (χ1n) is 6.64. The number of hydrogen-bond donors (Lipinski definition) is 2. The summed E-state index contributed by atoms with van der Waals surface area (Å²) in [6, 6.07) is 12.0. The van der Waals surface area contributed by atoms with Crippen LogP contribution in [0.2, 0.25) is 10.0 Å². The number of hydrogen-bond acceptors (Lipinski definition) is 5. The van der Waals surface area contributed by atoms with Gasteiger partial charge in [-0.3, -0.25) is 10.2 Å². The Bertz CT molecular complexity index is 883. The van der Waals surface area contributed by atoms with Crippen molar-refractivity contribution in [3.05, 3.63) is 62.5 Å². The Labute approximate surface area is 155 Å². The van der Waals surface area contributed by atoms with Crippen LogP contribution in [0.5, 0.6) is 0 Å². The van der Waals surface area contributed by atoms with Crippen LogP contribution >= 0.6 is 39.1 Å². The zero-order valence-electron chi connectivity index (χ0n) is 11.9. The second-order valence-electron chi connectivity index (χ2n) is 4.63. The zero-order valence-corrected chi connectivity index (χ0v) is 15.0. The van der Waals surface area contributed by atoms with Crippen LogP contribution in [0.1, 0.15) is 10.4 Å². The Hall–Kier alpha value is -2.09. The van der Waals surface area contributed by atoms with E-state index in [0.29, 0.717) is 21.4 Å². The molecule has 2 aromatic carbocycles. The van der Waals surface area contributed by atoms with E-state index in [1.807, 2.05) is 0 Å². The summed E-state index contributed by atoms with van der Waals surface area (Å²) in [6.45, 7) is 0. The van der Waals surface area contributed by atoms with Gasteiger partial charge in [-0.05, 0) is 42.5 Å². The van der Waals surface area contributed by atoms with Gasteiger partial charge in [-0.15, -0.1) is 0 Å². The number of anilines is 1. The van der Waals surface area contributed by atoms with Gasteiger partial charge in [0.15, 0.2) is 0 Å². The molecule has 122 valence electrons. The Kier molecular flexibility index (Phi) is 5.03. The van der Waals surface area contributed by atoms with Gasteiger partial charge in [0.2, 0.25) is 5.82 Å². The molecule has 0 aliphatic heterocycles. The minimum absolute atomic E-state index is 0.0411. The molecule has 3 aromatic rings. The highest BCUT2D eigenvalue weighted by Crippen LogP contribution is 2.22. The number of benzene rings is 2. The zero-order chi connectivity index (χ0) is 17.1. The molecule has 2 N–H and O–H groups in total. The minimum atomic E-state index is -0.437. The van der Waals surface area contributed by atoms with Crippen molar-refractivity contribution in [2.45, 2.75) is 0 Å². The number of amides is 1. The smallest absolute Gasteiger partial charge is 0.313 e. The standard InChI is InChI=1S/C15H9BrCl2N4O2/c16-9-3-6-12(18)11(7-9)14(23)20-21-15-19-13(22-24-15)8-1-4-10(17)5-2-8/h1-7H,(H,20,23)(H,19,21,22). The molecule has 0 saturated carbocycles. The molecule has 0 saturated heterocycles. The molecule has 1 aromatic heterocycles. The Morgan fingerprint density at radius 2 is 1.88 bits per heavy atom. The largest absolute Gasteiger partial charge is 0.340 e. The molecule has 0 unspecified atom stereocenters. The van der Waals surface area contributed by atoms with Gasteiger partial charge >= 0.3 is 6.01 Å². The van der Waals surface area contributed by atoms with Crippen molar-refractivity contribution in [2.24, 2.45) is 0 Å². The molecule has 0 atom stereocenters. The van der Waals surface area contributed by atoms with E-state index in [0.717, 1.165) is 10.0 Å². The van der Waals surface area contributed by atoms with Crippen molar-refractivity contribution in [2.75, 3.05) is 5.43 Å². The fraction of sp³-hybridized carbons (Fsp3) is 0. The maximum Gasteiger partial charge on any atom is 0.340 e. The van der Waals surface area contributed by atoms with Crippen LogP contribution in [0.25, 0.3) is 11.4 Å². The fourth-order valence-electron chi connectivity index (χ4n) is 1.84. The molecule has 6 nitrogen and oxygen atoms in total. The molecule has 1 amide bonds. The normalized spacial score (nSPS) is 10.5. The van der Waals surface area contributed by atoms with Crippen molar-refractivity contribution in [3.63, 3.8) is 0 Å². The number of nitrogens with zero attached hydrogens (tertiary/aromatic N) is 2. The lowest BCUT2D eigenvalue weighted by molar-refractivity contribution is 0.0961. The summed E-state index contributed by atoms with van der Waals surface area (Å²) >= 11 is 15.1. The second kappa shape index (κ2) is 7.21. The highest BCUT2D eigenvalue weighted by molar-refractivity contribution is 9.10. The Morgan fingerprint density at radius 3 is 2.62 bits per heavy atom. The minimum Gasteiger partial charge on any atom is -0.313 e. The average molecular weight is 428 g/mol. The third kappa shape index (κ3) is 3.87. The molecule has 0 radical (unpaired) electrons. The highest BCUT2D eigenvalue weighted by Gasteiger charge is 2.13. The molecule has 0 spiro atoms. The summed E-state index contributed by atoms with van der Waals surface area (Å²) in [5.74, 6) is -0.0727. The van der Waals surface area contributed by atoms with Crippen molar-refractivity contribution in [1.82, 2.24) is 15.6 Å². The molecule has 0 fully saturated rings. The average Bonchev–Trinajstić information content (AvgIpc) is 3.04. The number of hydrazine groups is 1. The molecule has 0 aliphatic rings. The van der Waals surface area contributed by atoms with E-state index in [2.05, 4.69) is 36.9 Å². The van der Waals surface area contributed by atoms with Gasteiger partial charge in [0.25, 0.3) is 5.91 Å². The number of carbonyl (C=O) groups is 1. The van der Waals surface area contributed by atoms with Gasteiger partial charge in [0.05, 0.1) is 10.6 Å². The first-order valence-corrected chi connectivity index (χ1v) is 8.19. The number of halogens is 3. The monoisotopic (exact) mass is 426 g/mol. The van der Waals surface area contributed by atoms with E-state index in [1.165, 1.54) is 0 Å². The van der Waals surface area contributed by atoms with Crippen LogP contribution in [-0.2, 0) is 0 Å². The molecule has 0 aliphatic carbocycles. The van der Waals surface area contributed by atoms with Gasteiger partial charge in [0.1, 0.15) is 0 Å². The quantitative estimate of drug-likeness (QED) is 0.596. The first-order chi connectivity index (χ1) is 11.5. The third-order valence-electron chi connectivity index (χ3n) is 2.98. The van der Waals surface area contributed by atoms with E-state index < -0.39 is 5.91 Å². The number of carbonyl (C=O) groups excluding carboxylic acids is 1. The SMILES string of the molecule is O=C(NNc1nc(-c2ccc(Cl)cc2)no1)c1cc(Br)ccc1Cl. The summed E-state index contributed by atoms with van der Waals surface area (Å²) in [5, 5.41) is 4.76. The molecule has 24 heavy (non-hydrogen) atoms. The van der Waals surface area contributed by atoms with Gasteiger partial charge < -0.3 is 4.52 Å². The fourth-order valence-corrected chi connectivity index (χ4v) is 2.53. The van der Waals surface area contributed by atoms with Crippen LogP contribution in [-0.4, -0.2) is 16.0 Å². The van der Waals surface area contributed by atoms with Crippen molar-refractivity contribution >= 4 is 51.1 Å². The van der Waals surface area contributed by atoms with Gasteiger partial charge in [-0.25, -0.2) is 5.43 Å². The number of rotatable bonds is 4. The first kappa shape index (κ1) is 16.8. The lowest BCUT2D eigenvalue weighted by Gasteiger charge is -2.06. The maximum atomic E-state index is 12.1. The molecule has 1 heterocycles. The number of nitrogens with one attached hydrogen (secondary N) is 2. The topological polar surface area (TPSA) is 80.0 Å². The molecular formula is C15H9BrCl2N4O2. The molecular weight excluding hydrogens is 419 g/mol. The lowest BCUT2D eigenvalue weighted by atomic mass is 10.2.